The Bertz CT molecular complexity index is 1070. The molecule has 0 spiro atoms. The third-order valence-corrected chi connectivity index (χ3v) is 7.82. The normalized spacial score (nSPS) is 16.0. The predicted molar refractivity (Wildman–Crippen MR) is 128 cm³/mol. The average Bonchev–Trinajstić information content (AvgIpc) is 2.79. The molecule has 0 bridgehead atoms. The molecule has 1 atom stereocenters. The van der Waals surface area contributed by atoms with Gasteiger partial charge in [0.25, 0.3) is 5.91 Å². The number of piperazine rings is 1. The van der Waals surface area contributed by atoms with Crippen LogP contribution in [-0.4, -0.2) is 55.6 Å². The van der Waals surface area contributed by atoms with Crippen LogP contribution in [0.15, 0.2) is 53.4 Å². The molecule has 0 aromatic heterocycles. The zero-order valence-electron chi connectivity index (χ0n) is 19.7. The molecule has 1 heterocycles. The molecule has 1 aliphatic rings. The van der Waals surface area contributed by atoms with Gasteiger partial charge in [-0.3, -0.25) is 9.59 Å². The fraction of sp³-hybridized carbons (Fsp3) is 0.440. The summed E-state index contributed by atoms with van der Waals surface area (Å²) in [6.07, 6.45) is 1.02. The third-order valence-electron chi connectivity index (χ3n) is 5.91. The van der Waals surface area contributed by atoms with E-state index in [9.17, 15) is 18.0 Å². The van der Waals surface area contributed by atoms with Gasteiger partial charge in [-0.15, -0.1) is 0 Å². The molecule has 1 N–H and O–H groups in total. The van der Waals surface area contributed by atoms with Gasteiger partial charge in [0.1, 0.15) is 0 Å². The SMILES string of the molecule is CC(=O)N1CCN(S(=O)(=O)c2ccc(C(=O)NC(C)c3ccc(CC(C)C)cc3)cc2)CC1. The van der Waals surface area contributed by atoms with Crippen LogP contribution in [0, 0.1) is 5.92 Å². The molecule has 1 fully saturated rings. The number of amides is 2. The minimum atomic E-state index is -3.67. The van der Waals surface area contributed by atoms with Crippen molar-refractivity contribution in [3.8, 4) is 0 Å². The molecule has 1 unspecified atom stereocenters. The van der Waals surface area contributed by atoms with Gasteiger partial charge in [-0.1, -0.05) is 38.1 Å². The first-order valence-electron chi connectivity index (χ1n) is 11.3. The topological polar surface area (TPSA) is 86.8 Å². The van der Waals surface area contributed by atoms with Crippen molar-refractivity contribution < 1.29 is 18.0 Å². The molecule has 2 amide bonds. The first-order chi connectivity index (χ1) is 15.6. The van der Waals surface area contributed by atoms with Crippen molar-refractivity contribution in [2.75, 3.05) is 26.2 Å². The van der Waals surface area contributed by atoms with Crippen LogP contribution in [0.1, 0.15) is 55.2 Å². The Balaban J connectivity index is 1.62. The molecule has 0 radical (unpaired) electrons. The molecule has 0 saturated carbocycles. The average molecular weight is 472 g/mol. The van der Waals surface area contributed by atoms with Crippen LogP contribution in [0.3, 0.4) is 0 Å². The third kappa shape index (κ3) is 6.21. The van der Waals surface area contributed by atoms with Crippen LogP contribution in [0.4, 0.5) is 0 Å². The Hall–Kier alpha value is -2.71. The fourth-order valence-corrected chi connectivity index (χ4v) is 5.37. The zero-order valence-corrected chi connectivity index (χ0v) is 20.6. The highest BCUT2D eigenvalue weighted by Crippen LogP contribution is 2.20. The summed E-state index contributed by atoms with van der Waals surface area (Å²) < 4.78 is 27.2. The molecule has 1 aliphatic heterocycles. The summed E-state index contributed by atoms with van der Waals surface area (Å²) in [6.45, 7) is 9.06. The molecule has 3 rings (SSSR count). The van der Waals surface area contributed by atoms with Crippen LogP contribution >= 0.6 is 0 Å². The highest BCUT2D eigenvalue weighted by molar-refractivity contribution is 7.89. The Kier molecular flexibility index (Phi) is 7.92. The summed E-state index contributed by atoms with van der Waals surface area (Å²) in [5, 5.41) is 2.97. The van der Waals surface area contributed by atoms with Gasteiger partial charge >= 0.3 is 0 Å². The van der Waals surface area contributed by atoms with E-state index >= 15 is 0 Å². The molecule has 1 saturated heterocycles. The Morgan fingerprint density at radius 2 is 1.48 bits per heavy atom. The molecule has 7 nitrogen and oxygen atoms in total. The summed E-state index contributed by atoms with van der Waals surface area (Å²) in [6, 6.07) is 14.1. The molecular formula is C25H33N3O4S. The lowest BCUT2D eigenvalue weighted by Gasteiger charge is -2.33. The van der Waals surface area contributed by atoms with Crippen molar-refractivity contribution in [2.45, 2.75) is 45.1 Å². The van der Waals surface area contributed by atoms with Crippen molar-refractivity contribution in [3.63, 3.8) is 0 Å². The number of hydrogen-bond acceptors (Lipinski definition) is 4. The van der Waals surface area contributed by atoms with Crippen molar-refractivity contribution >= 4 is 21.8 Å². The van der Waals surface area contributed by atoms with Crippen LogP contribution in [0.5, 0.6) is 0 Å². The van der Waals surface area contributed by atoms with Crippen LogP contribution < -0.4 is 5.32 Å². The smallest absolute Gasteiger partial charge is 0.251 e. The number of carbonyl (C=O) groups excluding carboxylic acids is 2. The Labute approximate surface area is 196 Å². The maximum absolute atomic E-state index is 12.9. The van der Waals surface area contributed by atoms with Gasteiger partial charge in [-0.05, 0) is 54.7 Å². The van der Waals surface area contributed by atoms with E-state index in [0.29, 0.717) is 24.6 Å². The van der Waals surface area contributed by atoms with E-state index in [1.165, 1.54) is 41.1 Å². The van der Waals surface area contributed by atoms with E-state index in [1.54, 1.807) is 4.90 Å². The molecule has 2 aromatic rings. The van der Waals surface area contributed by atoms with Gasteiger partial charge in [0.05, 0.1) is 10.9 Å². The quantitative estimate of drug-likeness (QED) is 0.672. The molecular weight excluding hydrogens is 438 g/mol. The molecule has 2 aromatic carbocycles. The second-order valence-corrected chi connectivity index (χ2v) is 10.9. The second kappa shape index (κ2) is 10.5. The van der Waals surface area contributed by atoms with E-state index in [4.69, 9.17) is 0 Å². The summed E-state index contributed by atoms with van der Waals surface area (Å²) in [4.78, 5) is 25.9. The van der Waals surface area contributed by atoms with Crippen molar-refractivity contribution in [1.29, 1.82) is 0 Å². The highest BCUT2D eigenvalue weighted by Gasteiger charge is 2.29. The summed E-state index contributed by atoms with van der Waals surface area (Å²) in [5.41, 5.74) is 2.69. The maximum Gasteiger partial charge on any atom is 0.251 e. The summed E-state index contributed by atoms with van der Waals surface area (Å²) in [7, 11) is -3.67. The Morgan fingerprint density at radius 3 is 2.00 bits per heavy atom. The van der Waals surface area contributed by atoms with Gasteiger partial charge < -0.3 is 10.2 Å². The van der Waals surface area contributed by atoms with Crippen LogP contribution in [0.25, 0.3) is 0 Å². The van der Waals surface area contributed by atoms with Gasteiger partial charge in [0.2, 0.25) is 15.9 Å². The lowest BCUT2D eigenvalue weighted by Crippen LogP contribution is -2.49. The molecule has 8 heteroatoms. The summed E-state index contributed by atoms with van der Waals surface area (Å²) >= 11 is 0. The van der Waals surface area contributed by atoms with E-state index in [1.807, 2.05) is 19.1 Å². The minimum Gasteiger partial charge on any atom is -0.346 e. The number of hydrogen-bond donors (Lipinski definition) is 1. The predicted octanol–water partition coefficient (Wildman–Crippen LogP) is 3.23. The van der Waals surface area contributed by atoms with Gasteiger partial charge in [-0.2, -0.15) is 4.31 Å². The number of carbonyl (C=O) groups is 2. The van der Waals surface area contributed by atoms with Gasteiger partial charge in [0, 0.05) is 38.7 Å². The maximum atomic E-state index is 12.9. The van der Waals surface area contributed by atoms with E-state index in [0.717, 1.165) is 12.0 Å². The Morgan fingerprint density at radius 1 is 0.909 bits per heavy atom. The number of sulfonamides is 1. The molecule has 33 heavy (non-hydrogen) atoms. The van der Waals surface area contributed by atoms with Crippen LogP contribution in [0.2, 0.25) is 0 Å². The fourth-order valence-electron chi connectivity index (χ4n) is 3.95. The zero-order chi connectivity index (χ0) is 24.2. The lowest BCUT2D eigenvalue weighted by molar-refractivity contribution is -0.129. The first kappa shape index (κ1) is 24.9. The number of rotatable bonds is 7. The minimum absolute atomic E-state index is 0.0526. The number of nitrogens with one attached hydrogen (secondary N) is 1. The lowest BCUT2D eigenvalue weighted by atomic mass is 10.00. The van der Waals surface area contributed by atoms with Gasteiger partial charge in [0.15, 0.2) is 0 Å². The highest BCUT2D eigenvalue weighted by atomic mass is 32.2. The largest absolute Gasteiger partial charge is 0.346 e. The second-order valence-electron chi connectivity index (χ2n) is 8.97. The number of nitrogens with zero attached hydrogens (tertiary/aromatic N) is 2. The van der Waals surface area contributed by atoms with Crippen molar-refractivity contribution in [1.82, 2.24) is 14.5 Å². The van der Waals surface area contributed by atoms with E-state index < -0.39 is 10.0 Å². The number of benzene rings is 2. The molecule has 0 aliphatic carbocycles. The van der Waals surface area contributed by atoms with Crippen LogP contribution in [-0.2, 0) is 21.2 Å². The van der Waals surface area contributed by atoms with Crippen molar-refractivity contribution in [2.24, 2.45) is 5.92 Å². The summed E-state index contributed by atoms with van der Waals surface area (Å²) in [5.74, 6) is 0.279. The monoisotopic (exact) mass is 471 g/mol. The molecule has 178 valence electrons. The van der Waals surface area contributed by atoms with Crippen molar-refractivity contribution in [3.05, 3.63) is 65.2 Å². The standard InChI is InChI=1S/C25H33N3O4S/c1-18(2)17-21-5-7-22(8-6-21)19(3)26-25(30)23-9-11-24(12-10-23)33(31,32)28-15-13-27(14-16-28)20(4)29/h5-12,18-19H,13-17H2,1-4H3,(H,26,30). The van der Waals surface area contributed by atoms with Gasteiger partial charge in [-0.25, -0.2) is 8.42 Å². The van der Waals surface area contributed by atoms with E-state index in [2.05, 4.69) is 31.3 Å². The van der Waals surface area contributed by atoms with E-state index in [-0.39, 0.29) is 35.8 Å². The first-order valence-corrected chi connectivity index (χ1v) is 12.8.